The molecule has 2 aromatic rings. The Balaban J connectivity index is 2.09. The molecule has 0 saturated heterocycles. The van der Waals surface area contributed by atoms with E-state index in [4.69, 9.17) is 4.74 Å². The Kier molecular flexibility index (Phi) is 6.02. The van der Waals surface area contributed by atoms with E-state index in [1.807, 2.05) is 11.3 Å². The zero-order valence-corrected chi connectivity index (χ0v) is 13.5. The molecule has 2 rings (SSSR count). The van der Waals surface area contributed by atoms with E-state index < -0.39 is 0 Å². The number of nitrogens with one attached hydrogen (secondary N) is 1. The van der Waals surface area contributed by atoms with Crippen molar-refractivity contribution in [3.05, 3.63) is 35.2 Å². The van der Waals surface area contributed by atoms with Gasteiger partial charge in [0, 0.05) is 17.9 Å². The molecule has 0 saturated carbocycles. The molecule has 0 fully saturated rings. The average molecular weight is 291 g/mol. The van der Waals surface area contributed by atoms with E-state index in [1.54, 1.807) is 7.11 Å². The van der Waals surface area contributed by atoms with Gasteiger partial charge in [-0.15, -0.1) is 11.3 Å². The highest BCUT2D eigenvalue weighted by Gasteiger charge is 2.15. The maximum absolute atomic E-state index is 5.43. The van der Waals surface area contributed by atoms with Gasteiger partial charge in [-0.25, -0.2) is 0 Å². The third-order valence-electron chi connectivity index (χ3n) is 3.73. The fourth-order valence-electron chi connectivity index (χ4n) is 2.54. The molecular formula is C17H25NOS. The molecule has 1 heterocycles. The number of rotatable bonds is 8. The Morgan fingerprint density at radius 3 is 2.85 bits per heavy atom. The standard InChI is InChI=1S/C17H25NOS/c1-4-9-18-15(10-13(2)19-3)11-14-12-20-17-8-6-5-7-16(14)17/h5-8,12-13,15,18H,4,9-11H2,1-3H3. The van der Waals surface area contributed by atoms with E-state index in [0.717, 1.165) is 19.4 Å². The van der Waals surface area contributed by atoms with Crippen molar-refractivity contribution >= 4 is 21.4 Å². The largest absolute Gasteiger partial charge is 0.382 e. The summed E-state index contributed by atoms with van der Waals surface area (Å²) in [7, 11) is 1.79. The van der Waals surface area contributed by atoms with Gasteiger partial charge in [0.2, 0.25) is 0 Å². The molecule has 2 nitrogen and oxygen atoms in total. The van der Waals surface area contributed by atoms with Gasteiger partial charge in [0.25, 0.3) is 0 Å². The van der Waals surface area contributed by atoms with Gasteiger partial charge in [0.05, 0.1) is 6.10 Å². The fraction of sp³-hybridized carbons (Fsp3) is 0.529. The van der Waals surface area contributed by atoms with Crippen LogP contribution in [0.25, 0.3) is 10.1 Å². The van der Waals surface area contributed by atoms with Crippen LogP contribution >= 0.6 is 11.3 Å². The molecule has 110 valence electrons. The first-order valence-corrected chi connectivity index (χ1v) is 8.33. The van der Waals surface area contributed by atoms with Gasteiger partial charge in [0.15, 0.2) is 0 Å². The second kappa shape index (κ2) is 7.77. The monoisotopic (exact) mass is 291 g/mol. The quantitative estimate of drug-likeness (QED) is 0.785. The Morgan fingerprint density at radius 1 is 1.30 bits per heavy atom. The van der Waals surface area contributed by atoms with Crippen LogP contribution in [-0.2, 0) is 11.2 Å². The van der Waals surface area contributed by atoms with Crippen molar-refractivity contribution in [1.29, 1.82) is 0 Å². The molecule has 20 heavy (non-hydrogen) atoms. The summed E-state index contributed by atoms with van der Waals surface area (Å²) in [6.07, 6.45) is 3.61. The Hall–Kier alpha value is -0.900. The number of benzene rings is 1. The molecule has 0 aliphatic rings. The lowest BCUT2D eigenvalue weighted by Gasteiger charge is -2.21. The van der Waals surface area contributed by atoms with Crippen molar-refractivity contribution in [1.82, 2.24) is 5.32 Å². The SMILES string of the molecule is CCCNC(Cc1csc2ccccc12)CC(C)OC. The predicted octanol–water partition coefficient (Wildman–Crippen LogP) is 4.24. The zero-order valence-electron chi connectivity index (χ0n) is 12.7. The van der Waals surface area contributed by atoms with E-state index in [0.29, 0.717) is 12.1 Å². The number of hydrogen-bond acceptors (Lipinski definition) is 3. The molecular weight excluding hydrogens is 266 g/mol. The van der Waals surface area contributed by atoms with Crippen molar-refractivity contribution in [3.8, 4) is 0 Å². The van der Waals surface area contributed by atoms with Gasteiger partial charge in [0.1, 0.15) is 0 Å². The summed E-state index contributed by atoms with van der Waals surface area (Å²) in [5, 5.41) is 7.38. The predicted molar refractivity (Wildman–Crippen MR) is 88.7 cm³/mol. The van der Waals surface area contributed by atoms with Crippen LogP contribution in [0.3, 0.4) is 0 Å². The normalized spacial score (nSPS) is 14.6. The molecule has 3 heteroatoms. The van der Waals surface area contributed by atoms with Crippen molar-refractivity contribution in [3.63, 3.8) is 0 Å². The molecule has 0 aliphatic heterocycles. The Labute approximate surface area is 126 Å². The third-order valence-corrected chi connectivity index (χ3v) is 4.74. The molecule has 0 aliphatic carbocycles. The molecule has 1 N–H and O–H groups in total. The lowest BCUT2D eigenvalue weighted by Crippen LogP contribution is -2.34. The van der Waals surface area contributed by atoms with Crippen LogP contribution in [0.2, 0.25) is 0 Å². The summed E-state index contributed by atoms with van der Waals surface area (Å²) in [5.41, 5.74) is 1.46. The summed E-state index contributed by atoms with van der Waals surface area (Å²) in [6, 6.07) is 9.17. The number of fused-ring (bicyclic) bond motifs is 1. The number of methoxy groups -OCH3 is 1. The highest BCUT2D eigenvalue weighted by atomic mass is 32.1. The van der Waals surface area contributed by atoms with Crippen molar-refractivity contribution in [2.75, 3.05) is 13.7 Å². The fourth-order valence-corrected chi connectivity index (χ4v) is 3.52. The van der Waals surface area contributed by atoms with Crippen LogP contribution in [0.4, 0.5) is 0 Å². The molecule has 0 radical (unpaired) electrons. The first-order valence-electron chi connectivity index (χ1n) is 7.45. The summed E-state index contributed by atoms with van der Waals surface area (Å²) >= 11 is 1.85. The zero-order chi connectivity index (χ0) is 14.4. The summed E-state index contributed by atoms with van der Waals surface area (Å²) in [4.78, 5) is 0. The van der Waals surface area contributed by atoms with Gasteiger partial charge in [-0.3, -0.25) is 0 Å². The molecule has 1 aromatic heterocycles. The molecule has 1 aromatic carbocycles. The lowest BCUT2D eigenvalue weighted by molar-refractivity contribution is 0.100. The molecule has 0 spiro atoms. The van der Waals surface area contributed by atoms with Crippen LogP contribution in [0.1, 0.15) is 32.3 Å². The second-order valence-corrected chi connectivity index (χ2v) is 6.31. The Morgan fingerprint density at radius 2 is 2.10 bits per heavy atom. The molecule has 2 unspecified atom stereocenters. The average Bonchev–Trinajstić information content (AvgIpc) is 2.88. The molecule has 0 bridgehead atoms. The van der Waals surface area contributed by atoms with Gasteiger partial charge in [-0.05, 0) is 55.1 Å². The van der Waals surface area contributed by atoms with Crippen LogP contribution < -0.4 is 5.32 Å². The van der Waals surface area contributed by atoms with Crippen LogP contribution in [-0.4, -0.2) is 25.8 Å². The van der Waals surface area contributed by atoms with Gasteiger partial charge in [-0.1, -0.05) is 25.1 Å². The minimum Gasteiger partial charge on any atom is -0.382 e. The molecule has 0 amide bonds. The van der Waals surface area contributed by atoms with E-state index in [-0.39, 0.29) is 0 Å². The number of hydrogen-bond donors (Lipinski definition) is 1. The van der Waals surface area contributed by atoms with Crippen molar-refractivity contribution in [2.45, 2.75) is 45.3 Å². The minimum absolute atomic E-state index is 0.300. The number of ether oxygens (including phenoxy) is 1. The number of thiophene rings is 1. The summed E-state index contributed by atoms with van der Waals surface area (Å²) < 4.78 is 6.82. The van der Waals surface area contributed by atoms with Crippen LogP contribution in [0, 0.1) is 0 Å². The Bertz CT molecular complexity index is 522. The summed E-state index contributed by atoms with van der Waals surface area (Å²) in [5.74, 6) is 0. The van der Waals surface area contributed by atoms with Crippen molar-refractivity contribution in [2.24, 2.45) is 0 Å². The first kappa shape index (κ1) is 15.5. The topological polar surface area (TPSA) is 21.3 Å². The minimum atomic E-state index is 0.300. The summed E-state index contributed by atoms with van der Waals surface area (Å²) in [6.45, 7) is 5.43. The van der Waals surface area contributed by atoms with Gasteiger partial charge < -0.3 is 10.1 Å². The van der Waals surface area contributed by atoms with E-state index in [9.17, 15) is 0 Å². The highest BCUT2D eigenvalue weighted by Crippen LogP contribution is 2.27. The second-order valence-electron chi connectivity index (χ2n) is 5.39. The van der Waals surface area contributed by atoms with Crippen LogP contribution in [0.5, 0.6) is 0 Å². The van der Waals surface area contributed by atoms with Gasteiger partial charge >= 0.3 is 0 Å². The van der Waals surface area contributed by atoms with E-state index in [2.05, 4.69) is 48.8 Å². The lowest BCUT2D eigenvalue weighted by atomic mass is 10.0. The maximum Gasteiger partial charge on any atom is 0.0558 e. The van der Waals surface area contributed by atoms with E-state index >= 15 is 0 Å². The first-order chi connectivity index (χ1) is 9.74. The highest BCUT2D eigenvalue weighted by molar-refractivity contribution is 7.17. The third kappa shape index (κ3) is 4.05. The molecule has 2 atom stereocenters. The van der Waals surface area contributed by atoms with Crippen LogP contribution in [0.15, 0.2) is 29.6 Å². The maximum atomic E-state index is 5.43. The van der Waals surface area contributed by atoms with E-state index in [1.165, 1.54) is 22.1 Å². The van der Waals surface area contributed by atoms with Crippen molar-refractivity contribution < 1.29 is 4.74 Å². The smallest absolute Gasteiger partial charge is 0.0558 e. The van der Waals surface area contributed by atoms with Gasteiger partial charge in [-0.2, -0.15) is 0 Å².